The van der Waals surface area contributed by atoms with Crippen LogP contribution in [0.2, 0.25) is 0 Å². The monoisotopic (exact) mass is 236 g/mol. The van der Waals surface area contributed by atoms with E-state index in [9.17, 15) is 4.79 Å². The highest BCUT2D eigenvalue weighted by atomic mass is 32.2. The summed E-state index contributed by atoms with van der Waals surface area (Å²) in [4.78, 5) is 15.9. The van der Waals surface area contributed by atoms with Gasteiger partial charge in [-0.1, -0.05) is 11.8 Å². The van der Waals surface area contributed by atoms with Crippen molar-refractivity contribution in [3.8, 4) is 0 Å². The number of hydrogen-bond donors (Lipinski definition) is 0. The van der Waals surface area contributed by atoms with E-state index in [-0.39, 0.29) is 5.78 Å². The lowest BCUT2D eigenvalue weighted by Gasteiger charge is -2.00. The maximum absolute atomic E-state index is 11.8. The number of nitrogens with zero attached hydrogens (tertiary/aromatic N) is 2. The smallest absolute Gasteiger partial charge is 0.256 e. The summed E-state index contributed by atoms with van der Waals surface area (Å²) in [6.45, 7) is 1.85. The normalized spacial score (nSPS) is 10.6. The average Bonchev–Trinajstić information content (AvgIpc) is 2.84. The lowest BCUT2D eigenvalue weighted by atomic mass is 10.3. The third kappa shape index (κ3) is 2.36. The maximum atomic E-state index is 11.8. The third-order valence-electron chi connectivity index (χ3n) is 2.15. The molecule has 2 heterocycles. The molecule has 0 saturated carbocycles. The molecule has 0 aliphatic rings. The molecule has 0 unspecified atom stereocenters. The van der Waals surface area contributed by atoms with Gasteiger partial charge in [-0.2, -0.15) is 0 Å². The van der Waals surface area contributed by atoms with Crippen LogP contribution in [0.4, 0.5) is 0 Å². The number of thioether (sulfide) groups is 1. The zero-order chi connectivity index (χ0) is 11.5. The summed E-state index contributed by atoms with van der Waals surface area (Å²) in [5.74, 6) is 0.422. The van der Waals surface area contributed by atoms with E-state index >= 15 is 0 Å². The molecule has 0 spiro atoms. The van der Waals surface area contributed by atoms with Crippen LogP contribution >= 0.6 is 11.8 Å². The molecule has 5 heteroatoms. The van der Waals surface area contributed by atoms with Crippen molar-refractivity contribution in [2.75, 3.05) is 5.75 Å². The Balaban J connectivity index is 1.96. The Bertz CT molecular complexity index is 502. The van der Waals surface area contributed by atoms with Gasteiger partial charge in [0.15, 0.2) is 5.78 Å². The van der Waals surface area contributed by atoms with Gasteiger partial charge in [-0.3, -0.25) is 4.79 Å². The molecular weight excluding hydrogens is 224 g/mol. The molecule has 2 aromatic heterocycles. The Morgan fingerprint density at radius 3 is 3.00 bits per heavy atom. The van der Waals surface area contributed by atoms with Crippen LogP contribution in [-0.2, 0) is 7.05 Å². The molecule has 0 aromatic carbocycles. The van der Waals surface area contributed by atoms with Crippen LogP contribution in [0.25, 0.3) is 0 Å². The molecule has 0 saturated heterocycles. The molecule has 0 atom stereocenters. The van der Waals surface area contributed by atoms with Crippen LogP contribution < -0.4 is 0 Å². The fourth-order valence-corrected chi connectivity index (χ4v) is 2.08. The van der Waals surface area contributed by atoms with Gasteiger partial charge >= 0.3 is 0 Å². The largest absolute Gasteiger partial charge is 0.440 e. The highest BCUT2D eigenvalue weighted by Gasteiger charge is 2.11. The minimum atomic E-state index is 0.0772. The lowest BCUT2D eigenvalue weighted by Crippen LogP contribution is -2.07. The predicted molar refractivity (Wildman–Crippen MR) is 61.7 cm³/mol. The fraction of sp³-hybridized carbons (Fsp3) is 0.273. The van der Waals surface area contributed by atoms with E-state index in [1.165, 1.54) is 11.8 Å². The predicted octanol–water partition coefficient (Wildman–Crippen LogP) is 2.30. The number of rotatable bonds is 4. The fourth-order valence-electron chi connectivity index (χ4n) is 1.35. The van der Waals surface area contributed by atoms with Gasteiger partial charge in [0.1, 0.15) is 6.26 Å². The first-order chi connectivity index (χ1) is 7.66. The molecular formula is C11H12N2O2S. The van der Waals surface area contributed by atoms with Crippen LogP contribution in [0.3, 0.4) is 0 Å². The van der Waals surface area contributed by atoms with Gasteiger partial charge in [-0.25, -0.2) is 4.98 Å². The first-order valence-electron chi connectivity index (χ1n) is 4.86. The van der Waals surface area contributed by atoms with Crippen LogP contribution in [0.1, 0.15) is 16.2 Å². The molecule has 2 aromatic rings. The number of oxazole rings is 1. The average molecular weight is 236 g/mol. The molecule has 16 heavy (non-hydrogen) atoms. The SMILES string of the molecule is Cc1coc(SCC(=O)c2cccn2C)n1. The van der Waals surface area contributed by atoms with Gasteiger partial charge in [0, 0.05) is 13.2 Å². The van der Waals surface area contributed by atoms with E-state index in [4.69, 9.17) is 4.42 Å². The molecule has 0 radical (unpaired) electrons. The quantitative estimate of drug-likeness (QED) is 0.603. The van der Waals surface area contributed by atoms with Crippen molar-refractivity contribution in [2.24, 2.45) is 7.05 Å². The Morgan fingerprint density at radius 2 is 2.44 bits per heavy atom. The maximum Gasteiger partial charge on any atom is 0.256 e. The Kier molecular flexibility index (Phi) is 3.14. The van der Waals surface area contributed by atoms with Crippen molar-refractivity contribution in [3.05, 3.63) is 36.0 Å². The van der Waals surface area contributed by atoms with Gasteiger partial charge in [0.2, 0.25) is 0 Å². The Morgan fingerprint density at radius 1 is 1.62 bits per heavy atom. The standard InChI is InChI=1S/C11H12N2O2S/c1-8-6-15-11(12-8)16-7-10(14)9-4-3-5-13(9)2/h3-6H,7H2,1-2H3. The first kappa shape index (κ1) is 11.0. The van der Waals surface area contributed by atoms with Gasteiger partial charge in [-0.05, 0) is 19.1 Å². The highest BCUT2D eigenvalue weighted by Crippen LogP contribution is 2.18. The number of carbonyl (C=O) groups excluding carboxylic acids is 1. The van der Waals surface area contributed by atoms with Gasteiger partial charge in [0.25, 0.3) is 5.22 Å². The van der Waals surface area contributed by atoms with Crippen LogP contribution in [-0.4, -0.2) is 21.1 Å². The summed E-state index contributed by atoms with van der Waals surface area (Å²) in [6.07, 6.45) is 3.43. The summed E-state index contributed by atoms with van der Waals surface area (Å²) in [5.41, 5.74) is 1.53. The Hall–Kier alpha value is -1.49. The van der Waals surface area contributed by atoms with Crippen molar-refractivity contribution < 1.29 is 9.21 Å². The summed E-state index contributed by atoms with van der Waals surface area (Å²) < 4.78 is 6.96. The zero-order valence-electron chi connectivity index (χ0n) is 9.14. The van der Waals surface area contributed by atoms with Crippen molar-refractivity contribution >= 4 is 17.5 Å². The molecule has 0 fully saturated rings. The number of aryl methyl sites for hydroxylation is 2. The first-order valence-corrected chi connectivity index (χ1v) is 5.85. The van der Waals surface area contributed by atoms with Gasteiger partial charge in [-0.15, -0.1) is 0 Å². The van der Waals surface area contributed by atoms with Crippen molar-refractivity contribution in [1.29, 1.82) is 0 Å². The number of hydrogen-bond acceptors (Lipinski definition) is 4. The molecule has 0 N–H and O–H groups in total. The molecule has 4 nitrogen and oxygen atoms in total. The summed E-state index contributed by atoms with van der Waals surface area (Å²) in [5, 5.41) is 0.542. The number of ketones is 1. The second kappa shape index (κ2) is 4.57. The van der Waals surface area contributed by atoms with E-state index in [0.717, 1.165) is 5.69 Å². The highest BCUT2D eigenvalue weighted by molar-refractivity contribution is 7.99. The van der Waals surface area contributed by atoms with E-state index in [0.29, 0.717) is 16.7 Å². The number of aromatic nitrogens is 2. The summed E-state index contributed by atoms with van der Waals surface area (Å²) in [6, 6.07) is 3.66. The minimum Gasteiger partial charge on any atom is -0.440 e. The van der Waals surface area contributed by atoms with Gasteiger partial charge < -0.3 is 8.98 Å². The van der Waals surface area contributed by atoms with Crippen molar-refractivity contribution in [2.45, 2.75) is 12.1 Å². The molecule has 84 valence electrons. The van der Waals surface area contributed by atoms with E-state index in [1.807, 2.05) is 36.9 Å². The molecule has 0 amide bonds. The second-order valence-corrected chi connectivity index (χ2v) is 4.40. The molecule has 2 rings (SSSR count). The van der Waals surface area contributed by atoms with Crippen LogP contribution in [0.5, 0.6) is 0 Å². The minimum absolute atomic E-state index is 0.0772. The van der Waals surface area contributed by atoms with E-state index in [1.54, 1.807) is 6.26 Å². The molecule has 0 aliphatic carbocycles. The number of Topliss-reactive ketones (excluding diaryl/α,β-unsaturated/α-hetero) is 1. The van der Waals surface area contributed by atoms with Crippen LogP contribution in [0.15, 0.2) is 34.2 Å². The topological polar surface area (TPSA) is 48.0 Å². The third-order valence-corrected chi connectivity index (χ3v) is 3.00. The van der Waals surface area contributed by atoms with E-state index < -0.39 is 0 Å². The van der Waals surface area contributed by atoms with Crippen molar-refractivity contribution in [1.82, 2.24) is 9.55 Å². The Labute approximate surface area is 97.7 Å². The van der Waals surface area contributed by atoms with Gasteiger partial charge in [0.05, 0.1) is 17.1 Å². The summed E-state index contributed by atoms with van der Waals surface area (Å²) in [7, 11) is 1.85. The second-order valence-electron chi connectivity index (χ2n) is 3.47. The summed E-state index contributed by atoms with van der Waals surface area (Å²) >= 11 is 1.32. The lowest BCUT2D eigenvalue weighted by molar-refractivity contribution is 0.101. The van der Waals surface area contributed by atoms with Crippen molar-refractivity contribution in [3.63, 3.8) is 0 Å². The van der Waals surface area contributed by atoms with E-state index in [2.05, 4.69) is 4.98 Å². The van der Waals surface area contributed by atoms with Crippen LogP contribution in [0, 0.1) is 6.92 Å². The molecule has 0 bridgehead atoms. The zero-order valence-corrected chi connectivity index (χ0v) is 9.95. The number of carbonyl (C=O) groups is 1. The molecule has 0 aliphatic heterocycles.